The molecule has 5 N–H and O–H groups in total. The van der Waals surface area contributed by atoms with E-state index in [-0.39, 0.29) is 27.8 Å². The number of nitrogens with two attached hydrogens (primary N) is 2. The Bertz CT molecular complexity index is 1300. The first kappa shape index (κ1) is 17.2. The van der Waals surface area contributed by atoms with Gasteiger partial charge >= 0.3 is 5.88 Å². The highest BCUT2D eigenvalue weighted by atomic mass is 32.1. The van der Waals surface area contributed by atoms with Crippen LogP contribution in [-0.2, 0) is 0 Å². The number of nitriles is 1. The van der Waals surface area contributed by atoms with Gasteiger partial charge in [-0.25, -0.2) is 4.98 Å². The lowest BCUT2D eigenvalue weighted by atomic mass is 10.0. The van der Waals surface area contributed by atoms with Crippen LogP contribution in [0.25, 0.3) is 21.5 Å². The van der Waals surface area contributed by atoms with E-state index >= 15 is 0 Å². The number of amides is 1. The Labute approximate surface area is 167 Å². The highest BCUT2D eigenvalue weighted by molar-refractivity contribution is 7.21. The average Bonchev–Trinajstić information content (AvgIpc) is 3.09. The highest BCUT2D eigenvalue weighted by Gasteiger charge is 2.36. The molecule has 1 aliphatic rings. The normalized spacial score (nSPS) is 13.5. The summed E-state index contributed by atoms with van der Waals surface area (Å²) in [6.07, 6.45) is 5.20. The SMILES string of the molecule is N#Cc1c(N)nc2sc(C(=O)Nc3c[n+](C4CC4)no3)c(N)c2c1-c1ccco1. The van der Waals surface area contributed by atoms with E-state index in [0.29, 0.717) is 27.6 Å². The minimum absolute atomic E-state index is 0.0420. The number of nitrogens with one attached hydrogen (secondary N) is 1. The molecule has 144 valence electrons. The molecule has 1 saturated carbocycles. The molecule has 1 amide bonds. The zero-order valence-electron chi connectivity index (χ0n) is 14.9. The maximum atomic E-state index is 12.8. The van der Waals surface area contributed by atoms with Crippen LogP contribution in [0, 0.1) is 11.3 Å². The molecule has 11 heteroatoms. The van der Waals surface area contributed by atoms with Gasteiger partial charge in [0.25, 0.3) is 12.1 Å². The van der Waals surface area contributed by atoms with E-state index in [1.165, 1.54) is 6.26 Å². The number of hydrogen-bond donors (Lipinski definition) is 3. The van der Waals surface area contributed by atoms with Crippen molar-refractivity contribution in [2.45, 2.75) is 18.9 Å². The Balaban J connectivity index is 1.60. The topological polar surface area (TPSA) is 161 Å². The number of hydrogen-bond acceptors (Lipinski definition) is 9. The monoisotopic (exact) mass is 408 g/mol. The molecule has 0 radical (unpaired) electrons. The van der Waals surface area contributed by atoms with Gasteiger partial charge in [0.15, 0.2) is 6.04 Å². The molecule has 1 fully saturated rings. The lowest BCUT2D eigenvalue weighted by molar-refractivity contribution is -0.765. The smallest absolute Gasteiger partial charge is 0.302 e. The average molecular weight is 408 g/mol. The Morgan fingerprint density at radius 2 is 2.24 bits per heavy atom. The van der Waals surface area contributed by atoms with Crippen LogP contribution in [0.4, 0.5) is 17.4 Å². The van der Waals surface area contributed by atoms with E-state index in [0.717, 1.165) is 24.2 Å². The summed E-state index contributed by atoms with van der Waals surface area (Å²) < 4.78 is 12.3. The Kier molecular flexibility index (Phi) is 3.75. The zero-order chi connectivity index (χ0) is 20.1. The lowest BCUT2D eigenvalue weighted by Gasteiger charge is -2.06. The van der Waals surface area contributed by atoms with Gasteiger partial charge in [0.05, 0.1) is 17.5 Å². The van der Waals surface area contributed by atoms with Crippen molar-refractivity contribution in [2.24, 2.45) is 0 Å². The maximum Gasteiger partial charge on any atom is 0.302 e. The summed E-state index contributed by atoms with van der Waals surface area (Å²) in [5, 5.41) is 16.6. The van der Waals surface area contributed by atoms with Crippen molar-refractivity contribution >= 4 is 44.9 Å². The van der Waals surface area contributed by atoms with Crippen LogP contribution in [0.1, 0.15) is 34.1 Å². The minimum Gasteiger partial charge on any atom is -0.464 e. The van der Waals surface area contributed by atoms with E-state index in [1.807, 2.05) is 6.07 Å². The van der Waals surface area contributed by atoms with Crippen molar-refractivity contribution in [3.8, 4) is 17.4 Å². The third kappa shape index (κ3) is 2.77. The molecule has 0 unspecified atom stereocenters. The van der Waals surface area contributed by atoms with Gasteiger partial charge in [0, 0.05) is 18.2 Å². The maximum absolute atomic E-state index is 12.8. The molecule has 0 aliphatic heterocycles. The van der Waals surface area contributed by atoms with Gasteiger partial charge in [-0.15, -0.1) is 11.3 Å². The number of fused-ring (bicyclic) bond motifs is 1. The van der Waals surface area contributed by atoms with Crippen LogP contribution in [-0.4, -0.2) is 16.2 Å². The second-order valence-corrected chi connectivity index (χ2v) is 7.59. The van der Waals surface area contributed by atoms with E-state index in [4.69, 9.17) is 20.4 Å². The summed E-state index contributed by atoms with van der Waals surface area (Å²) in [4.78, 5) is 17.7. The van der Waals surface area contributed by atoms with E-state index in [1.54, 1.807) is 23.0 Å². The fraction of sp³-hybridized carbons (Fsp3) is 0.167. The van der Waals surface area contributed by atoms with Crippen molar-refractivity contribution in [3.63, 3.8) is 0 Å². The predicted octanol–water partition coefficient (Wildman–Crippen LogP) is 2.46. The third-order valence-electron chi connectivity index (χ3n) is 4.63. The van der Waals surface area contributed by atoms with Crippen LogP contribution < -0.4 is 21.5 Å². The summed E-state index contributed by atoms with van der Waals surface area (Å²) in [7, 11) is 0. The largest absolute Gasteiger partial charge is 0.464 e. The molecule has 10 nitrogen and oxygen atoms in total. The number of thiophene rings is 1. The number of furan rings is 1. The molecule has 0 spiro atoms. The van der Waals surface area contributed by atoms with Crippen molar-refractivity contribution in [2.75, 3.05) is 16.8 Å². The summed E-state index contributed by atoms with van der Waals surface area (Å²) in [5.74, 6) is 0.209. The Hall–Kier alpha value is -3.91. The molecule has 29 heavy (non-hydrogen) atoms. The van der Waals surface area contributed by atoms with Crippen molar-refractivity contribution in [1.29, 1.82) is 5.26 Å². The number of nitrogen functional groups attached to an aromatic ring is 2. The van der Waals surface area contributed by atoms with Gasteiger partial charge in [0.2, 0.25) is 5.27 Å². The molecule has 4 aromatic rings. The first-order chi connectivity index (χ1) is 14.1. The number of rotatable bonds is 4. The van der Waals surface area contributed by atoms with Crippen LogP contribution in [0.15, 0.2) is 33.5 Å². The van der Waals surface area contributed by atoms with Crippen molar-refractivity contribution < 1.29 is 18.4 Å². The standard InChI is InChI=1S/C18H13N7O3S/c19-6-9-12(10-2-1-5-27-10)13-14(20)15(29-18(13)23-16(9)21)17(26)22-11-7-25(24-28-11)8-3-4-8/h1-2,5,7-8H,3-4H2,(H4-,20,21,22,23,24,26)/p+1. The number of nitrogens with zero attached hydrogens (tertiary/aromatic N) is 4. The molecule has 5 rings (SSSR count). The molecule has 0 aromatic carbocycles. The lowest BCUT2D eigenvalue weighted by Crippen LogP contribution is -2.32. The Morgan fingerprint density at radius 1 is 1.41 bits per heavy atom. The van der Waals surface area contributed by atoms with Crippen LogP contribution in [0.5, 0.6) is 0 Å². The molecular weight excluding hydrogens is 394 g/mol. The quantitative estimate of drug-likeness (QED) is 0.434. The first-order valence-electron chi connectivity index (χ1n) is 8.71. The summed E-state index contributed by atoms with van der Waals surface area (Å²) in [6, 6.07) is 5.75. The third-order valence-corrected chi connectivity index (χ3v) is 5.73. The number of carbonyl (C=O) groups is 1. The first-order valence-corrected chi connectivity index (χ1v) is 9.53. The number of pyridine rings is 1. The van der Waals surface area contributed by atoms with Gasteiger partial charge in [-0.05, 0) is 16.8 Å². The van der Waals surface area contributed by atoms with Gasteiger partial charge in [0.1, 0.15) is 32.9 Å². The molecule has 0 saturated heterocycles. The molecular formula is C18H14N7O3S+. The second-order valence-electron chi connectivity index (χ2n) is 6.59. The van der Waals surface area contributed by atoms with E-state index in [9.17, 15) is 10.1 Å². The summed E-state index contributed by atoms with van der Waals surface area (Å²) >= 11 is 1.07. The number of carbonyl (C=O) groups excluding carboxylic acids is 1. The van der Waals surface area contributed by atoms with Gasteiger partial charge in [-0.1, -0.05) is 0 Å². The van der Waals surface area contributed by atoms with Gasteiger partial charge in [-0.2, -0.15) is 5.26 Å². The summed E-state index contributed by atoms with van der Waals surface area (Å²) in [6.45, 7) is 0. The minimum atomic E-state index is -0.466. The van der Waals surface area contributed by atoms with Crippen LogP contribution in [0.3, 0.4) is 0 Å². The van der Waals surface area contributed by atoms with Gasteiger partial charge < -0.3 is 15.9 Å². The fourth-order valence-electron chi connectivity index (χ4n) is 3.11. The van der Waals surface area contributed by atoms with Crippen LogP contribution >= 0.6 is 11.3 Å². The number of aromatic nitrogens is 3. The van der Waals surface area contributed by atoms with Crippen molar-refractivity contribution in [3.05, 3.63) is 35.0 Å². The molecule has 0 atom stereocenters. The fourth-order valence-corrected chi connectivity index (χ4v) is 4.12. The highest BCUT2D eigenvalue weighted by Crippen LogP contribution is 2.42. The van der Waals surface area contributed by atoms with E-state index in [2.05, 4.69) is 15.6 Å². The second kappa shape index (κ2) is 6.32. The zero-order valence-corrected chi connectivity index (χ0v) is 15.7. The Morgan fingerprint density at radius 3 is 2.93 bits per heavy atom. The van der Waals surface area contributed by atoms with Crippen LogP contribution in [0.2, 0.25) is 0 Å². The number of anilines is 3. The predicted molar refractivity (Wildman–Crippen MR) is 104 cm³/mol. The molecule has 1 aliphatic carbocycles. The van der Waals surface area contributed by atoms with E-state index < -0.39 is 5.91 Å². The van der Waals surface area contributed by atoms with Gasteiger partial charge in [-0.3, -0.25) is 14.6 Å². The molecule has 4 aromatic heterocycles. The summed E-state index contributed by atoms with van der Waals surface area (Å²) in [5.41, 5.74) is 13.0. The van der Waals surface area contributed by atoms with Crippen molar-refractivity contribution in [1.82, 2.24) is 10.3 Å². The molecule has 4 heterocycles. The molecule has 0 bridgehead atoms.